The molecule has 0 spiro atoms. The number of aliphatic carboxylic acids is 2. The fourth-order valence-electron chi connectivity index (χ4n) is 2.88. The Hall–Kier alpha value is -1.88. The first kappa shape index (κ1) is 15.5. The van der Waals surface area contributed by atoms with Crippen LogP contribution < -0.4 is 5.73 Å². The zero-order valence-corrected chi connectivity index (χ0v) is 11.9. The molecule has 21 heavy (non-hydrogen) atoms. The van der Waals surface area contributed by atoms with Gasteiger partial charge in [0.05, 0.1) is 5.92 Å². The third-order valence-electron chi connectivity index (χ3n) is 4.32. The maximum Gasteiger partial charge on any atom is 0.323 e. The van der Waals surface area contributed by atoms with E-state index in [4.69, 9.17) is 10.8 Å². The number of carboxylic acid groups (broad SMARTS) is 2. The molecule has 4 N–H and O–H groups in total. The van der Waals surface area contributed by atoms with Crippen molar-refractivity contribution in [1.29, 1.82) is 0 Å². The zero-order valence-electron chi connectivity index (χ0n) is 11.9. The highest BCUT2D eigenvalue weighted by Crippen LogP contribution is 2.47. The number of hydrogen-bond donors (Lipinski definition) is 3. The molecule has 1 aromatic carbocycles. The topological polar surface area (TPSA) is 101 Å². The summed E-state index contributed by atoms with van der Waals surface area (Å²) in [6.07, 6.45) is 3.10. The summed E-state index contributed by atoms with van der Waals surface area (Å²) in [6, 6.07) is 9.98. The highest BCUT2D eigenvalue weighted by atomic mass is 16.4. The third kappa shape index (κ3) is 3.61. The Bertz CT molecular complexity index is 516. The van der Waals surface area contributed by atoms with Crippen molar-refractivity contribution in [2.24, 2.45) is 17.6 Å². The molecule has 5 nitrogen and oxygen atoms in total. The first-order chi connectivity index (χ1) is 9.95. The summed E-state index contributed by atoms with van der Waals surface area (Å²) in [6.45, 7) is 0. The molecule has 1 saturated carbocycles. The Morgan fingerprint density at radius 2 is 1.86 bits per heavy atom. The van der Waals surface area contributed by atoms with Crippen LogP contribution in [0, 0.1) is 11.8 Å². The second-order valence-electron chi connectivity index (χ2n) is 5.83. The van der Waals surface area contributed by atoms with Gasteiger partial charge in [-0.3, -0.25) is 9.59 Å². The van der Waals surface area contributed by atoms with Crippen molar-refractivity contribution in [2.75, 3.05) is 0 Å². The molecule has 0 amide bonds. The molecule has 5 heteroatoms. The highest BCUT2D eigenvalue weighted by molar-refractivity contribution is 5.83. The molecule has 0 saturated heterocycles. The summed E-state index contributed by atoms with van der Waals surface area (Å²) in [4.78, 5) is 22.3. The first-order valence-corrected chi connectivity index (χ1v) is 7.24. The van der Waals surface area contributed by atoms with Crippen LogP contribution in [-0.4, -0.2) is 27.7 Å². The highest BCUT2D eigenvalue weighted by Gasteiger charge is 2.57. The Morgan fingerprint density at radius 1 is 1.19 bits per heavy atom. The number of unbranched alkanes of at least 4 members (excludes halogenated alkanes) is 1. The normalized spacial score (nSPS) is 23.3. The Kier molecular flexibility index (Phi) is 4.63. The van der Waals surface area contributed by atoms with Crippen molar-refractivity contribution in [1.82, 2.24) is 0 Å². The van der Waals surface area contributed by atoms with Gasteiger partial charge in [-0.05, 0) is 31.2 Å². The Balaban J connectivity index is 1.84. The van der Waals surface area contributed by atoms with E-state index in [9.17, 15) is 14.7 Å². The van der Waals surface area contributed by atoms with E-state index in [0.29, 0.717) is 19.3 Å². The second kappa shape index (κ2) is 6.26. The fraction of sp³-hybridized carbons (Fsp3) is 0.500. The molecular formula is C16H21NO4. The summed E-state index contributed by atoms with van der Waals surface area (Å²) in [5, 5.41) is 18.3. The molecule has 0 heterocycles. The number of carboxylic acids is 2. The molecule has 3 unspecified atom stereocenters. The van der Waals surface area contributed by atoms with Crippen LogP contribution in [0.1, 0.15) is 31.2 Å². The third-order valence-corrected chi connectivity index (χ3v) is 4.32. The van der Waals surface area contributed by atoms with Crippen LogP contribution in [0.25, 0.3) is 0 Å². The summed E-state index contributed by atoms with van der Waals surface area (Å²) in [7, 11) is 0. The second-order valence-corrected chi connectivity index (χ2v) is 5.83. The Morgan fingerprint density at radius 3 is 2.38 bits per heavy atom. The van der Waals surface area contributed by atoms with E-state index in [1.165, 1.54) is 5.56 Å². The van der Waals surface area contributed by atoms with Gasteiger partial charge in [-0.15, -0.1) is 0 Å². The minimum atomic E-state index is -1.40. The lowest BCUT2D eigenvalue weighted by Gasteiger charge is -2.24. The van der Waals surface area contributed by atoms with E-state index in [1.807, 2.05) is 30.3 Å². The predicted octanol–water partition coefficient (Wildman–Crippen LogP) is 1.90. The summed E-state index contributed by atoms with van der Waals surface area (Å²) < 4.78 is 0. The van der Waals surface area contributed by atoms with Crippen molar-refractivity contribution in [3.05, 3.63) is 35.9 Å². The number of rotatable bonds is 8. The molecule has 114 valence electrons. The van der Waals surface area contributed by atoms with Gasteiger partial charge >= 0.3 is 11.9 Å². The standard InChI is InChI=1S/C16H21NO4/c17-16(15(20)21,13-10-12(13)14(18)19)9-5-4-8-11-6-2-1-3-7-11/h1-3,6-7,12-13H,4-5,8-10,17H2,(H,18,19)(H,20,21). The van der Waals surface area contributed by atoms with Crippen molar-refractivity contribution >= 4 is 11.9 Å². The lowest BCUT2D eigenvalue weighted by molar-refractivity contribution is -0.145. The molecule has 0 radical (unpaired) electrons. The van der Waals surface area contributed by atoms with Gasteiger partial charge in [-0.25, -0.2) is 0 Å². The zero-order chi connectivity index (χ0) is 15.5. The monoisotopic (exact) mass is 291 g/mol. The molecule has 1 aliphatic carbocycles. The van der Waals surface area contributed by atoms with Crippen LogP contribution in [-0.2, 0) is 16.0 Å². The number of hydrogen-bond acceptors (Lipinski definition) is 3. The lowest BCUT2D eigenvalue weighted by atomic mass is 9.86. The maximum absolute atomic E-state index is 11.4. The van der Waals surface area contributed by atoms with Crippen LogP contribution in [0.15, 0.2) is 30.3 Å². The summed E-state index contributed by atoms with van der Waals surface area (Å²) >= 11 is 0. The van der Waals surface area contributed by atoms with Gasteiger partial charge < -0.3 is 15.9 Å². The van der Waals surface area contributed by atoms with Gasteiger partial charge in [0.25, 0.3) is 0 Å². The minimum Gasteiger partial charge on any atom is -0.481 e. The van der Waals surface area contributed by atoms with E-state index < -0.39 is 29.3 Å². The van der Waals surface area contributed by atoms with E-state index >= 15 is 0 Å². The van der Waals surface area contributed by atoms with Crippen LogP contribution in [0.2, 0.25) is 0 Å². The minimum absolute atomic E-state index is 0.323. The molecule has 1 aromatic rings. The van der Waals surface area contributed by atoms with Gasteiger partial charge in [0.1, 0.15) is 5.54 Å². The maximum atomic E-state index is 11.4. The first-order valence-electron chi connectivity index (χ1n) is 7.24. The molecule has 2 rings (SSSR count). The SMILES string of the molecule is NC(CCCCc1ccccc1)(C(=O)O)C1CC1C(=O)O. The number of benzene rings is 1. The van der Waals surface area contributed by atoms with Gasteiger partial charge in [-0.1, -0.05) is 36.8 Å². The largest absolute Gasteiger partial charge is 0.481 e. The molecule has 0 bridgehead atoms. The summed E-state index contributed by atoms with van der Waals surface area (Å²) in [5.41, 5.74) is 5.80. The van der Waals surface area contributed by atoms with Crippen molar-refractivity contribution < 1.29 is 19.8 Å². The molecule has 0 aliphatic heterocycles. The van der Waals surface area contributed by atoms with Gasteiger partial charge in [0.2, 0.25) is 0 Å². The number of aryl methyl sites for hydroxylation is 1. The molecule has 1 fully saturated rings. The van der Waals surface area contributed by atoms with Gasteiger partial charge in [0, 0.05) is 5.92 Å². The van der Waals surface area contributed by atoms with Crippen molar-refractivity contribution in [3.8, 4) is 0 Å². The van der Waals surface area contributed by atoms with Gasteiger partial charge in [0.15, 0.2) is 0 Å². The predicted molar refractivity (Wildman–Crippen MR) is 77.8 cm³/mol. The fourth-order valence-corrected chi connectivity index (χ4v) is 2.88. The van der Waals surface area contributed by atoms with Gasteiger partial charge in [-0.2, -0.15) is 0 Å². The van der Waals surface area contributed by atoms with E-state index in [0.717, 1.165) is 12.8 Å². The van der Waals surface area contributed by atoms with E-state index in [-0.39, 0.29) is 0 Å². The average molecular weight is 291 g/mol. The van der Waals surface area contributed by atoms with Crippen LogP contribution in [0.4, 0.5) is 0 Å². The Labute approximate surface area is 123 Å². The van der Waals surface area contributed by atoms with Crippen molar-refractivity contribution in [2.45, 2.75) is 37.6 Å². The average Bonchev–Trinajstić information content (AvgIpc) is 3.25. The molecular weight excluding hydrogens is 270 g/mol. The van der Waals surface area contributed by atoms with Crippen LogP contribution >= 0.6 is 0 Å². The van der Waals surface area contributed by atoms with E-state index in [1.54, 1.807) is 0 Å². The summed E-state index contributed by atoms with van der Waals surface area (Å²) in [5.74, 6) is -3.07. The van der Waals surface area contributed by atoms with Crippen LogP contribution in [0.5, 0.6) is 0 Å². The van der Waals surface area contributed by atoms with Crippen LogP contribution in [0.3, 0.4) is 0 Å². The number of carbonyl (C=O) groups is 2. The molecule has 0 aromatic heterocycles. The molecule has 3 atom stereocenters. The lowest BCUT2D eigenvalue weighted by Crippen LogP contribution is -2.51. The quantitative estimate of drug-likeness (QED) is 0.635. The smallest absolute Gasteiger partial charge is 0.323 e. The van der Waals surface area contributed by atoms with Crippen molar-refractivity contribution in [3.63, 3.8) is 0 Å². The van der Waals surface area contributed by atoms with E-state index in [2.05, 4.69) is 0 Å². The molecule has 1 aliphatic rings. The number of nitrogens with two attached hydrogens (primary N) is 1.